The predicted octanol–water partition coefficient (Wildman–Crippen LogP) is 0.928. The van der Waals surface area contributed by atoms with Crippen LogP contribution in [0.3, 0.4) is 0 Å². The van der Waals surface area contributed by atoms with Gasteiger partial charge in [0, 0.05) is 6.26 Å². The average molecular weight is 196 g/mol. The smallest absolute Gasteiger partial charge is 0.150 e. The molecule has 2 rings (SSSR count). The van der Waals surface area contributed by atoms with E-state index in [0.29, 0.717) is 15.9 Å². The van der Waals surface area contributed by atoms with Gasteiger partial charge in [-0.15, -0.1) is 0 Å². The van der Waals surface area contributed by atoms with E-state index in [1.165, 1.54) is 0 Å². The highest BCUT2D eigenvalue weighted by Gasteiger charge is 2.10. The van der Waals surface area contributed by atoms with Gasteiger partial charge in [0.15, 0.2) is 5.52 Å². The molecule has 0 spiro atoms. The fraction of sp³-hybridized carbons (Fsp3) is 0.125. The Balaban J connectivity index is 2.91. The zero-order valence-corrected chi connectivity index (χ0v) is 7.87. The summed E-state index contributed by atoms with van der Waals surface area (Å²) in [5.41, 5.74) is 1.14. The molecular weight excluding hydrogens is 188 g/mol. The van der Waals surface area contributed by atoms with Crippen molar-refractivity contribution in [3.63, 3.8) is 0 Å². The lowest BCUT2D eigenvalue weighted by atomic mass is 10.3. The van der Waals surface area contributed by atoms with Crippen LogP contribution in [0.5, 0.6) is 0 Å². The number of aromatic nitrogens is 2. The molecule has 0 saturated carbocycles. The third kappa shape index (κ3) is 1.31. The van der Waals surface area contributed by atoms with Gasteiger partial charge in [-0.25, -0.2) is 4.63 Å². The number of nitrogens with zero attached hydrogens (tertiary/aromatic N) is 2. The van der Waals surface area contributed by atoms with Crippen molar-refractivity contribution in [1.29, 1.82) is 0 Å². The summed E-state index contributed by atoms with van der Waals surface area (Å²) < 4.78 is 16.2. The molecule has 0 N–H and O–H groups in total. The fourth-order valence-electron chi connectivity index (χ4n) is 1.13. The Hall–Kier alpha value is -1.36. The molecule has 1 atom stereocenters. The van der Waals surface area contributed by atoms with Gasteiger partial charge in [0.1, 0.15) is 5.52 Å². The molecule has 0 bridgehead atoms. The van der Waals surface area contributed by atoms with Crippen LogP contribution in [0.1, 0.15) is 0 Å². The second-order valence-corrected chi connectivity index (χ2v) is 5.34. The number of fused-ring (bicyclic) bond motifs is 1. The van der Waals surface area contributed by atoms with Gasteiger partial charge >= 0.3 is 0 Å². The molecule has 0 radical (unpaired) electrons. The van der Waals surface area contributed by atoms with E-state index in [1.807, 2.05) is 0 Å². The summed E-state index contributed by atoms with van der Waals surface area (Å²) in [5.74, 6) is 3.59. The molecule has 0 aliphatic carbocycles. The van der Waals surface area contributed by atoms with Gasteiger partial charge in [-0.05, 0) is 37.8 Å². The lowest BCUT2D eigenvalue weighted by Crippen LogP contribution is -1.97. The van der Waals surface area contributed by atoms with Gasteiger partial charge < -0.3 is 0 Å². The number of benzene rings is 1. The molecule has 0 amide bonds. The number of hydrogen-bond donors (Lipinski definition) is 0. The first-order valence-corrected chi connectivity index (χ1v) is 5.76. The lowest BCUT2D eigenvalue weighted by molar-refractivity contribution is 0.315. The zero-order valence-electron chi connectivity index (χ0n) is 7.06. The Labute approximate surface area is 75.5 Å². The maximum atomic E-state index is 11.7. The number of hydrogen-bond acceptors (Lipinski definition) is 4. The Morgan fingerprint density at radius 3 is 2.92 bits per heavy atom. The second kappa shape index (κ2) is 2.56. The minimum atomic E-state index is -2.26. The minimum absolute atomic E-state index is 0.532. The van der Waals surface area contributed by atoms with Crippen molar-refractivity contribution in [2.45, 2.75) is 4.90 Å². The molecule has 1 aromatic carbocycles. The first kappa shape index (κ1) is 8.25. The topological polar surface area (TPSA) is 56.0 Å². The van der Waals surface area contributed by atoms with Crippen LogP contribution in [-0.4, -0.2) is 26.6 Å². The van der Waals surface area contributed by atoms with Gasteiger partial charge in [0.2, 0.25) is 0 Å². The molecule has 0 fully saturated rings. The third-order valence-electron chi connectivity index (χ3n) is 1.71. The molecule has 1 aromatic heterocycles. The van der Waals surface area contributed by atoms with Gasteiger partial charge in [-0.3, -0.25) is 4.21 Å². The second-order valence-electron chi connectivity index (χ2n) is 2.89. The molecule has 0 aliphatic rings. The van der Waals surface area contributed by atoms with Crippen LogP contribution in [0.25, 0.3) is 11.0 Å². The summed E-state index contributed by atoms with van der Waals surface area (Å²) in [5, 5.41) is 7.33. The monoisotopic (exact) mass is 196 g/mol. The summed E-state index contributed by atoms with van der Waals surface area (Å²) in [6, 6.07) is 5.23. The van der Waals surface area contributed by atoms with Crippen molar-refractivity contribution in [3.8, 4) is 0 Å². The lowest BCUT2D eigenvalue weighted by Gasteiger charge is -2.00. The van der Waals surface area contributed by atoms with Gasteiger partial charge in [-0.1, -0.05) is 6.07 Å². The highest BCUT2D eigenvalue weighted by Crippen LogP contribution is 2.18. The van der Waals surface area contributed by atoms with Crippen molar-refractivity contribution >= 4 is 26.4 Å². The number of rotatable bonds is 1. The van der Waals surface area contributed by atoms with Crippen molar-refractivity contribution in [1.82, 2.24) is 10.3 Å². The first-order valence-electron chi connectivity index (χ1n) is 3.62. The SMILES string of the molecule is C=S(C)(=O)c1cccc2nonc12. The Kier molecular flexibility index (Phi) is 1.63. The maximum absolute atomic E-state index is 11.7. The van der Waals surface area contributed by atoms with E-state index in [2.05, 4.69) is 20.8 Å². The molecule has 0 saturated heterocycles. The summed E-state index contributed by atoms with van der Waals surface area (Å²) in [4.78, 5) is 0.589. The maximum Gasteiger partial charge on any atom is 0.150 e. The molecule has 2 aromatic rings. The Morgan fingerprint density at radius 2 is 2.23 bits per heavy atom. The van der Waals surface area contributed by atoms with Gasteiger partial charge in [0.05, 0.1) is 4.90 Å². The minimum Gasteiger partial charge on any atom is -0.263 e. The molecule has 0 aliphatic heterocycles. The van der Waals surface area contributed by atoms with Crippen LogP contribution in [0.2, 0.25) is 0 Å². The van der Waals surface area contributed by atoms with Crippen molar-refractivity contribution in [3.05, 3.63) is 18.2 Å². The Morgan fingerprint density at radius 1 is 1.46 bits per heavy atom. The highest BCUT2D eigenvalue weighted by molar-refractivity contribution is 7.99. The summed E-state index contributed by atoms with van der Waals surface area (Å²) >= 11 is 0. The van der Waals surface area contributed by atoms with Crippen LogP contribution in [0.4, 0.5) is 0 Å². The molecule has 13 heavy (non-hydrogen) atoms. The quantitative estimate of drug-likeness (QED) is 0.636. The molecule has 1 unspecified atom stereocenters. The molecular formula is C8H8N2O2S. The van der Waals surface area contributed by atoms with E-state index in [4.69, 9.17) is 0 Å². The zero-order chi connectivity index (χ0) is 9.47. The van der Waals surface area contributed by atoms with Crippen LogP contribution in [0, 0.1) is 0 Å². The van der Waals surface area contributed by atoms with Gasteiger partial charge in [0.25, 0.3) is 0 Å². The normalized spacial score (nSPS) is 15.8. The fourth-order valence-corrected chi connectivity index (χ4v) is 2.05. The van der Waals surface area contributed by atoms with E-state index in [9.17, 15) is 4.21 Å². The van der Waals surface area contributed by atoms with E-state index >= 15 is 0 Å². The summed E-state index contributed by atoms with van der Waals surface area (Å²) in [7, 11) is -2.26. The molecule has 5 heteroatoms. The standard InChI is InChI=1S/C8H8N2O2S/c1-13(2,11)7-5-3-4-6-8(7)10-12-9-6/h3-5H,1H2,2H3. The third-order valence-corrected chi connectivity index (χ3v) is 2.97. The molecule has 68 valence electrons. The summed E-state index contributed by atoms with van der Waals surface area (Å²) in [6.45, 7) is 0. The van der Waals surface area contributed by atoms with Crippen molar-refractivity contribution < 1.29 is 8.84 Å². The van der Waals surface area contributed by atoms with E-state index < -0.39 is 9.52 Å². The summed E-state index contributed by atoms with van der Waals surface area (Å²) in [6.07, 6.45) is 1.57. The van der Waals surface area contributed by atoms with Crippen LogP contribution in [0.15, 0.2) is 27.7 Å². The largest absolute Gasteiger partial charge is 0.263 e. The van der Waals surface area contributed by atoms with Crippen molar-refractivity contribution in [2.24, 2.45) is 0 Å². The average Bonchev–Trinajstić information content (AvgIpc) is 2.48. The van der Waals surface area contributed by atoms with Crippen LogP contribution < -0.4 is 0 Å². The first-order chi connectivity index (χ1) is 6.09. The van der Waals surface area contributed by atoms with E-state index in [1.54, 1.807) is 24.5 Å². The van der Waals surface area contributed by atoms with Crippen LogP contribution >= 0.6 is 0 Å². The van der Waals surface area contributed by atoms with Crippen molar-refractivity contribution in [2.75, 3.05) is 6.26 Å². The highest BCUT2D eigenvalue weighted by atomic mass is 32.2. The van der Waals surface area contributed by atoms with E-state index in [-0.39, 0.29) is 0 Å². The molecule has 4 nitrogen and oxygen atoms in total. The molecule has 1 heterocycles. The van der Waals surface area contributed by atoms with Gasteiger partial charge in [-0.2, -0.15) is 0 Å². The van der Waals surface area contributed by atoms with Crippen LogP contribution in [-0.2, 0) is 9.52 Å². The Bertz CT molecular complexity index is 542. The predicted molar refractivity (Wildman–Crippen MR) is 51.3 cm³/mol. The van der Waals surface area contributed by atoms with E-state index in [0.717, 1.165) is 0 Å².